The molecule has 10 heteroatoms. The van der Waals surface area contributed by atoms with Gasteiger partial charge in [-0.3, -0.25) is 9.69 Å². The van der Waals surface area contributed by atoms with Crippen molar-refractivity contribution in [2.24, 2.45) is 0 Å². The molecular weight excluding hydrogens is 408 g/mol. The predicted octanol–water partition coefficient (Wildman–Crippen LogP) is 2.10. The Morgan fingerprint density at radius 3 is 2.74 bits per heavy atom. The Kier molecular flexibility index (Phi) is 6.71. The van der Waals surface area contributed by atoms with Crippen molar-refractivity contribution in [1.29, 1.82) is 0 Å². The Balaban J connectivity index is 1.68. The summed E-state index contributed by atoms with van der Waals surface area (Å²) in [5, 5.41) is 2.50. The maximum Gasteiger partial charge on any atom is 0.373 e. The average molecular weight is 428 g/mol. The number of nitrogens with zero attached hydrogens (tertiary/aromatic N) is 1. The van der Waals surface area contributed by atoms with E-state index in [0.29, 0.717) is 11.3 Å². The monoisotopic (exact) mass is 428 g/mol. The summed E-state index contributed by atoms with van der Waals surface area (Å²) in [6.07, 6.45) is 1.49. The molecule has 1 aliphatic heterocycles. The van der Waals surface area contributed by atoms with E-state index in [9.17, 15) is 19.2 Å². The third-order valence-corrected chi connectivity index (χ3v) is 4.16. The standard InChI is InChI=1S/C21H20N2O8/c1-3-29-18(24)12-30-14-6-4-5-13(9-14)10-16-19(25)23(21(27)22-16)11-15-7-8-17(31-15)20(26)28-2/h4-10H,3,11-12H2,1-2H3,(H,22,27)/b16-10-. The zero-order chi connectivity index (χ0) is 22.4. The number of carbonyl (C=O) groups excluding carboxylic acids is 4. The molecule has 1 fully saturated rings. The highest BCUT2D eigenvalue weighted by Crippen LogP contribution is 2.20. The number of imide groups is 1. The van der Waals surface area contributed by atoms with E-state index in [1.54, 1.807) is 31.2 Å². The first-order valence-electron chi connectivity index (χ1n) is 9.31. The van der Waals surface area contributed by atoms with Crippen LogP contribution in [-0.2, 0) is 25.6 Å². The molecule has 2 heterocycles. The smallest absolute Gasteiger partial charge is 0.373 e. The SMILES string of the molecule is CCOC(=O)COc1cccc(/C=C2\NC(=O)N(Cc3ccc(C(=O)OC)o3)C2=O)c1. The normalized spacial score (nSPS) is 14.5. The van der Waals surface area contributed by atoms with Gasteiger partial charge in [-0.1, -0.05) is 12.1 Å². The highest BCUT2D eigenvalue weighted by atomic mass is 16.6. The van der Waals surface area contributed by atoms with Crippen molar-refractivity contribution in [1.82, 2.24) is 10.2 Å². The molecule has 1 aromatic carbocycles. The summed E-state index contributed by atoms with van der Waals surface area (Å²) < 4.78 is 20.0. The lowest BCUT2D eigenvalue weighted by molar-refractivity contribution is -0.145. The zero-order valence-corrected chi connectivity index (χ0v) is 16.9. The van der Waals surface area contributed by atoms with Gasteiger partial charge >= 0.3 is 18.0 Å². The van der Waals surface area contributed by atoms with E-state index in [4.69, 9.17) is 13.9 Å². The minimum Gasteiger partial charge on any atom is -0.482 e. The first-order valence-corrected chi connectivity index (χ1v) is 9.31. The summed E-state index contributed by atoms with van der Waals surface area (Å²) in [7, 11) is 1.22. The number of nitrogens with one attached hydrogen (secondary N) is 1. The molecular formula is C21H20N2O8. The maximum atomic E-state index is 12.6. The number of hydrogen-bond donors (Lipinski definition) is 1. The Labute approximate surface area is 177 Å². The minimum atomic E-state index is -0.658. The van der Waals surface area contributed by atoms with Crippen LogP contribution in [0.15, 0.2) is 46.5 Å². The van der Waals surface area contributed by atoms with E-state index in [0.717, 1.165) is 4.90 Å². The van der Waals surface area contributed by atoms with E-state index >= 15 is 0 Å². The maximum absolute atomic E-state index is 12.6. The van der Waals surface area contributed by atoms with Crippen molar-refractivity contribution in [3.05, 3.63) is 59.2 Å². The van der Waals surface area contributed by atoms with Crippen LogP contribution in [-0.4, -0.2) is 49.1 Å². The second kappa shape index (κ2) is 9.61. The van der Waals surface area contributed by atoms with Gasteiger partial charge in [0.1, 0.15) is 17.2 Å². The molecule has 31 heavy (non-hydrogen) atoms. The van der Waals surface area contributed by atoms with Crippen molar-refractivity contribution >= 4 is 30.0 Å². The number of esters is 2. The summed E-state index contributed by atoms with van der Waals surface area (Å²) in [6, 6.07) is 8.92. The van der Waals surface area contributed by atoms with Gasteiger partial charge in [0.05, 0.1) is 20.3 Å². The fraction of sp³-hybridized carbons (Fsp3) is 0.238. The molecule has 1 saturated heterocycles. The summed E-state index contributed by atoms with van der Waals surface area (Å²) in [4.78, 5) is 48.7. The Hall–Kier alpha value is -4.08. The summed E-state index contributed by atoms with van der Waals surface area (Å²) in [6.45, 7) is 1.56. The van der Waals surface area contributed by atoms with Crippen molar-refractivity contribution in [3.63, 3.8) is 0 Å². The molecule has 1 N–H and O–H groups in total. The largest absolute Gasteiger partial charge is 0.482 e. The number of rotatable bonds is 8. The molecule has 0 atom stereocenters. The van der Waals surface area contributed by atoms with Crippen LogP contribution in [0.3, 0.4) is 0 Å². The van der Waals surface area contributed by atoms with Crippen LogP contribution < -0.4 is 10.1 Å². The fourth-order valence-electron chi connectivity index (χ4n) is 2.75. The highest BCUT2D eigenvalue weighted by molar-refractivity contribution is 6.13. The van der Waals surface area contributed by atoms with Crippen LogP contribution in [0.2, 0.25) is 0 Å². The summed E-state index contributed by atoms with van der Waals surface area (Å²) in [5.74, 6) is -1.08. The van der Waals surface area contributed by atoms with E-state index in [-0.39, 0.29) is 37.0 Å². The number of ether oxygens (including phenoxy) is 3. The van der Waals surface area contributed by atoms with Gasteiger partial charge in [-0.25, -0.2) is 14.4 Å². The van der Waals surface area contributed by atoms with Gasteiger partial charge in [0.2, 0.25) is 5.76 Å². The van der Waals surface area contributed by atoms with Crippen molar-refractivity contribution < 1.29 is 37.8 Å². The predicted molar refractivity (Wildman–Crippen MR) is 106 cm³/mol. The molecule has 0 radical (unpaired) electrons. The summed E-state index contributed by atoms with van der Waals surface area (Å²) >= 11 is 0. The van der Waals surface area contributed by atoms with Gasteiger partial charge < -0.3 is 23.9 Å². The molecule has 0 aliphatic carbocycles. The lowest BCUT2D eigenvalue weighted by Gasteiger charge is -2.09. The van der Waals surface area contributed by atoms with Gasteiger partial charge in [-0.2, -0.15) is 0 Å². The number of hydrogen-bond acceptors (Lipinski definition) is 8. The minimum absolute atomic E-state index is 0.0278. The molecule has 10 nitrogen and oxygen atoms in total. The van der Waals surface area contributed by atoms with E-state index in [2.05, 4.69) is 10.1 Å². The number of amides is 3. The first kappa shape index (κ1) is 21.6. The number of benzene rings is 1. The molecule has 3 rings (SSSR count). The van der Waals surface area contributed by atoms with Crippen molar-refractivity contribution in [2.75, 3.05) is 20.3 Å². The number of urea groups is 1. The topological polar surface area (TPSA) is 124 Å². The lowest BCUT2D eigenvalue weighted by atomic mass is 10.2. The van der Waals surface area contributed by atoms with Crippen LogP contribution in [0.25, 0.3) is 6.08 Å². The van der Waals surface area contributed by atoms with Gasteiger partial charge in [-0.05, 0) is 42.8 Å². The van der Waals surface area contributed by atoms with Crippen molar-refractivity contribution in [3.8, 4) is 5.75 Å². The number of carbonyl (C=O) groups is 4. The van der Waals surface area contributed by atoms with Gasteiger partial charge in [0.15, 0.2) is 6.61 Å². The molecule has 2 aromatic rings. The second-order valence-electron chi connectivity index (χ2n) is 6.30. The average Bonchev–Trinajstić information content (AvgIpc) is 3.33. The molecule has 1 aliphatic rings. The Morgan fingerprint density at radius 2 is 2.00 bits per heavy atom. The Morgan fingerprint density at radius 1 is 1.19 bits per heavy atom. The molecule has 0 bridgehead atoms. The van der Waals surface area contributed by atoms with Crippen LogP contribution >= 0.6 is 0 Å². The molecule has 1 aromatic heterocycles. The molecule has 162 valence electrons. The summed E-state index contributed by atoms with van der Waals surface area (Å²) in [5.41, 5.74) is 0.644. The van der Waals surface area contributed by atoms with Crippen LogP contribution in [0, 0.1) is 0 Å². The quantitative estimate of drug-likeness (QED) is 0.385. The molecule has 0 spiro atoms. The first-order chi connectivity index (χ1) is 14.9. The van der Waals surface area contributed by atoms with Crippen LogP contribution in [0.5, 0.6) is 5.75 Å². The molecule has 0 unspecified atom stereocenters. The number of methoxy groups -OCH3 is 1. The molecule has 3 amide bonds. The van der Waals surface area contributed by atoms with E-state index < -0.39 is 23.9 Å². The molecule has 0 saturated carbocycles. The van der Waals surface area contributed by atoms with Gasteiger partial charge in [-0.15, -0.1) is 0 Å². The Bertz CT molecular complexity index is 1040. The van der Waals surface area contributed by atoms with E-state index in [1.165, 1.54) is 25.3 Å². The zero-order valence-electron chi connectivity index (χ0n) is 16.9. The number of furan rings is 1. The fourth-order valence-corrected chi connectivity index (χ4v) is 2.75. The van der Waals surface area contributed by atoms with Crippen LogP contribution in [0.4, 0.5) is 4.79 Å². The van der Waals surface area contributed by atoms with Crippen molar-refractivity contribution in [2.45, 2.75) is 13.5 Å². The van der Waals surface area contributed by atoms with Gasteiger partial charge in [0, 0.05) is 0 Å². The highest BCUT2D eigenvalue weighted by Gasteiger charge is 2.34. The van der Waals surface area contributed by atoms with E-state index in [1.807, 2.05) is 0 Å². The second-order valence-corrected chi connectivity index (χ2v) is 6.30. The third-order valence-electron chi connectivity index (χ3n) is 4.16. The third kappa shape index (κ3) is 5.30. The van der Waals surface area contributed by atoms with Crippen LogP contribution in [0.1, 0.15) is 28.8 Å². The van der Waals surface area contributed by atoms with Gasteiger partial charge in [0.25, 0.3) is 5.91 Å². The lowest BCUT2D eigenvalue weighted by Crippen LogP contribution is -2.30.